The van der Waals surface area contributed by atoms with E-state index in [1.165, 1.54) is 29.1 Å². The van der Waals surface area contributed by atoms with Gasteiger partial charge in [0.2, 0.25) is 0 Å². The van der Waals surface area contributed by atoms with Crippen molar-refractivity contribution in [1.82, 2.24) is 5.01 Å². The summed E-state index contributed by atoms with van der Waals surface area (Å²) in [5, 5.41) is 14.8. The number of phenolic OH excluding ortho intramolecular Hbond substituents is 1. The molecule has 1 saturated heterocycles. The Kier molecular flexibility index (Phi) is 4.39. The quantitative estimate of drug-likeness (QED) is 0.680. The number of amides is 1. The standard InChI is InChI=1S/C12H12N2O3S2/c1-2-17-10-5-8(3-4-9(10)15)6-13-14-11(16)7-19-12(14)18/h3-6,15H,2,7H2,1H3. The summed E-state index contributed by atoms with van der Waals surface area (Å²) in [4.78, 5) is 11.5. The maximum Gasteiger partial charge on any atom is 0.259 e. The number of hydrazone groups is 1. The molecule has 2 rings (SSSR count). The average Bonchev–Trinajstić information content (AvgIpc) is 2.70. The highest BCUT2D eigenvalue weighted by molar-refractivity contribution is 8.23. The van der Waals surface area contributed by atoms with Crippen molar-refractivity contribution >= 4 is 40.4 Å². The lowest BCUT2D eigenvalue weighted by Crippen LogP contribution is -2.22. The average molecular weight is 296 g/mol. The molecule has 1 aliphatic rings. The maximum absolute atomic E-state index is 11.5. The number of thiocarbonyl (C=S) groups is 1. The summed E-state index contributed by atoms with van der Waals surface area (Å²) in [5.41, 5.74) is 0.716. The zero-order chi connectivity index (χ0) is 13.8. The summed E-state index contributed by atoms with van der Waals surface area (Å²) in [6.07, 6.45) is 1.51. The fourth-order valence-electron chi connectivity index (χ4n) is 1.47. The molecule has 0 radical (unpaired) electrons. The van der Waals surface area contributed by atoms with Gasteiger partial charge in [-0.05, 0) is 30.7 Å². The van der Waals surface area contributed by atoms with Crippen molar-refractivity contribution < 1.29 is 14.6 Å². The Labute approximate surface area is 120 Å². The number of nitrogens with zero attached hydrogens (tertiary/aromatic N) is 2. The molecular weight excluding hydrogens is 284 g/mol. The van der Waals surface area contributed by atoms with E-state index in [1.807, 2.05) is 6.92 Å². The van der Waals surface area contributed by atoms with Gasteiger partial charge < -0.3 is 9.84 Å². The van der Waals surface area contributed by atoms with E-state index in [0.29, 0.717) is 28.0 Å². The van der Waals surface area contributed by atoms with E-state index in [2.05, 4.69) is 5.10 Å². The topological polar surface area (TPSA) is 62.1 Å². The molecule has 1 N–H and O–H groups in total. The third-order valence-corrected chi connectivity index (χ3v) is 3.67. The first kappa shape index (κ1) is 13.8. The first-order chi connectivity index (χ1) is 9.11. The van der Waals surface area contributed by atoms with Crippen LogP contribution in [0.25, 0.3) is 0 Å². The number of thioether (sulfide) groups is 1. The van der Waals surface area contributed by atoms with Crippen molar-refractivity contribution in [1.29, 1.82) is 0 Å². The second-order valence-electron chi connectivity index (χ2n) is 3.66. The van der Waals surface area contributed by atoms with Gasteiger partial charge in [0.15, 0.2) is 15.8 Å². The highest BCUT2D eigenvalue weighted by Crippen LogP contribution is 2.26. The Bertz CT molecular complexity index is 530. The van der Waals surface area contributed by atoms with Crippen molar-refractivity contribution in [3.05, 3.63) is 23.8 Å². The van der Waals surface area contributed by atoms with Gasteiger partial charge in [-0.2, -0.15) is 10.1 Å². The molecular formula is C12H12N2O3S2. The van der Waals surface area contributed by atoms with Crippen LogP contribution in [0.1, 0.15) is 12.5 Å². The molecule has 19 heavy (non-hydrogen) atoms. The van der Waals surface area contributed by atoms with Crippen LogP contribution in [0.4, 0.5) is 0 Å². The van der Waals surface area contributed by atoms with Crippen molar-refractivity contribution in [2.75, 3.05) is 12.4 Å². The molecule has 0 atom stereocenters. The van der Waals surface area contributed by atoms with Gasteiger partial charge >= 0.3 is 0 Å². The molecule has 0 bridgehead atoms. The largest absolute Gasteiger partial charge is 0.504 e. The zero-order valence-electron chi connectivity index (χ0n) is 10.2. The molecule has 0 saturated carbocycles. The van der Waals surface area contributed by atoms with E-state index in [-0.39, 0.29) is 11.7 Å². The number of aromatic hydroxyl groups is 1. The van der Waals surface area contributed by atoms with Crippen LogP contribution in [0.5, 0.6) is 11.5 Å². The molecule has 100 valence electrons. The lowest BCUT2D eigenvalue weighted by molar-refractivity contribution is -0.123. The lowest BCUT2D eigenvalue weighted by atomic mass is 10.2. The molecule has 0 spiro atoms. The predicted octanol–water partition coefficient (Wildman–Crippen LogP) is 1.99. The summed E-state index contributed by atoms with van der Waals surface area (Å²) < 4.78 is 5.72. The Morgan fingerprint density at radius 2 is 2.42 bits per heavy atom. The van der Waals surface area contributed by atoms with Gasteiger partial charge in [-0.1, -0.05) is 24.0 Å². The molecule has 0 aromatic heterocycles. The van der Waals surface area contributed by atoms with Gasteiger partial charge in [-0.15, -0.1) is 0 Å². The molecule has 1 aliphatic heterocycles. The molecule has 1 aromatic carbocycles. The number of hydrogen-bond donors (Lipinski definition) is 1. The summed E-state index contributed by atoms with van der Waals surface area (Å²) in [5.74, 6) is 0.657. The minimum Gasteiger partial charge on any atom is -0.504 e. The van der Waals surface area contributed by atoms with E-state index < -0.39 is 0 Å². The van der Waals surface area contributed by atoms with Crippen LogP contribution in [-0.2, 0) is 4.79 Å². The summed E-state index contributed by atoms with van der Waals surface area (Å²) in [6.45, 7) is 2.29. The molecule has 0 aliphatic carbocycles. The maximum atomic E-state index is 11.5. The molecule has 5 nitrogen and oxygen atoms in total. The van der Waals surface area contributed by atoms with E-state index >= 15 is 0 Å². The first-order valence-electron chi connectivity index (χ1n) is 5.61. The molecule has 1 aromatic rings. The number of benzene rings is 1. The molecule has 0 unspecified atom stereocenters. The van der Waals surface area contributed by atoms with E-state index in [0.717, 1.165) is 0 Å². The van der Waals surface area contributed by atoms with Gasteiger partial charge in [0.25, 0.3) is 5.91 Å². The molecule has 7 heteroatoms. The second kappa shape index (κ2) is 6.03. The fraction of sp³-hybridized carbons (Fsp3) is 0.250. The zero-order valence-corrected chi connectivity index (χ0v) is 11.8. The fourth-order valence-corrected chi connectivity index (χ4v) is 2.43. The van der Waals surface area contributed by atoms with Crippen molar-refractivity contribution in [2.24, 2.45) is 5.10 Å². The molecule has 1 amide bonds. The van der Waals surface area contributed by atoms with Crippen LogP contribution >= 0.6 is 24.0 Å². The number of ether oxygens (including phenoxy) is 1. The van der Waals surface area contributed by atoms with Crippen LogP contribution in [-0.4, -0.2) is 38.9 Å². The van der Waals surface area contributed by atoms with Crippen molar-refractivity contribution in [3.63, 3.8) is 0 Å². The number of rotatable bonds is 4. The predicted molar refractivity (Wildman–Crippen MR) is 78.8 cm³/mol. The van der Waals surface area contributed by atoms with Crippen LogP contribution in [0.15, 0.2) is 23.3 Å². The van der Waals surface area contributed by atoms with E-state index in [1.54, 1.807) is 12.1 Å². The van der Waals surface area contributed by atoms with Crippen molar-refractivity contribution in [2.45, 2.75) is 6.92 Å². The highest BCUT2D eigenvalue weighted by atomic mass is 32.2. The minimum absolute atomic E-state index is 0.0716. The molecule has 1 fully saturated rings. The normalized spacial score (nSPS) is 15.5. The SMILES string of the molecule is CCOc1cc(C=NN2C(=O)CSC2=S)ccc1O. The summed E-state index contributed by atoms with van der Waals surface area (Å²) in [7, 11) is 0. The van der Waals surface area contributed by atoms with Crippen LogP contribution in [0.2, 0.25) is 0 Å². The third-order valence-electron chi connectivity index (χ3n) is 2.33. The van der Waals surface area contributed by atoms with E-state index in [4.69, 9.17) is 17.0 Å². The van der Waals surface area contributed by atoms with Gasteiger partial charge in [-0.3, -0.25) is 4.79 Å². The Morgan fingerprint density at radius 3 is 3.05 bits per heavy atom. The van der Waals surface area contributed by atoms with Gasteiger partial charge in [0.05, 0.1) is 18.6 Å². The van der Waals surface area contributed by atoms with Crippen molar-refractivity contribution in [3.8, 4) is 11.5 Å². The Hall–Kier alpha value is -1.60. The second-order valence-corrected chi connectivity index (χ2v) is 5.27. The van der Waals surface area contributed by atoms with E-state index in [9.17, 15) is 9.90 Å². The number of phenols is 1. The number of hydrogen-bond acceptors (Lipinski definition) is 6. The van der Waals surface area contributed by atoms with Gasteiger partial charge in [-0.25, -0.2) is 0 Å². The van der Waals surface area contributed by atoms with Crippen LogP contribution < -0.4 is 4.74 Å². The van der Waals surface area contributed by atoms with Crippen LogP contribution in [0, 0.1) is 0 Å². The van der Waals surface area contributed by atoms with Gasteiger partial charge in [0, 0.05) is 0 Å². The first-order valence-corrected chi connectivity index (χ1v) is 7.00. The molecule has 1 heterocycles. The monoisotopic (exact) mass is 296 g/mol. The summed E-state index contributed by atoms with van der Waals surface area (Å²) in [6, 6.07) is 4.85. The van der Waals surface area contributed by atoms with Crippen LogP contribution in [0.3, 0.4) is 0 Å². The third kappa shape index (κ3) is 3.24. The number of carbonyl (C=O) groups excluding carboxylic acids is 1. The minimum atomic E-state index is -0.130. The highest BCUT2D eigenvalue weighted by Gasteiger charge is 2.25. The van der Waals surface area contributed by atoms with Gasteiger partial charge in [0.1, 0.15) is 0 Å². The Morgan fingerprint density at radius 1 is 1.63 bits per heavy atom. The smallest absolute Gasteiger partial charge is 0.259 e. The summed E-state index contributed by atoms with van der Waals surface area (Å²) >= 11 is 6.30. The lowest BCUT2D eigenvalue weighted by Gasteiger charge is -2.08. The number of carbonyl (C=O) groups is 1. The Balaban J connectivity index is 2.16.